The fourth-order valence-electron chi connectivity index (χ4n) is 1.93. The van der Waals surface area contributed by atoms with E-state index in [2.05, 4.69) is 6.92 Å². The maximum Gasteiger partial charge on any atom is 0.265 e. The van der Waals surface area contributed by atoms with Gasteiger partial charge in [-0.3, -0.25) is 4.79 Å². The highest BCUT2D eigenvalue weighted by molar-refractivity contribution is 7.99. The Kier molecular flexibility index (Phi) is 4.36. The highest BCUT2D eigenvalue weighted by atomic mass is 32.2. The molecule has 0 fully saturated rings. The molecule has 1 aromatic rings. The molecule has 2 rings (SSSR count). The Morgan fingerprint density at radius 3 is 3.11 bits per heavy atom. The molecule has 4 nitrogen and oxygen atoms in total. The number of nitrogens with two attached hydrogens (primary N) is 1. The van der Waals surface area contributed by atoms with Crippen LogP contribution in [0.1, 0.15) is 13.3 Å². The average molecular weight is 266 g/mol. The first-order valence-corrected chi connectivity index (χ1v) is 7.28. The van der Waals surface area contributed by atoms with Crippen molar-refractivity contribution in [2.75, 3.05) is 35.3 Å². The molecule has 0 bridgehead atoms. The van der Waals surface area contributed by atoms with Crippen LogP contribution >= 0.6 is 11.8 Å². The molecular weight excluding hydrogens is 248 g/mol. The van der Waals surface area contributed by atoms with Crippen LogP contribution in [0.2, 0.25) is 0 Å². The average Bonchev–Trinajstić information content (AvgIpc) is 2.36. The number of benzene rings is 1. The zero-order valence-electron chi connectivity index (χ0n) is 10.5. The number of nitrogen functional groups attached to an aromatic ring is 1. The van der Waals surface area contributed by atoms with Gasteiger partial charge >= 0.3 is 0 Å². The Morgan fingerprint density at radius 2 is 2.33 bits per heavy atom. The van der Waals surface area contributed by atoms with E-state index in [1.165, 1.54) is 0 Å². The third-order valence-electron chi connectivity index (χ3n) is 2.80. The topological polar surface area (TPSA) is 55.6 Å². The van der Waals surface area contributed by atoms with Crippen molar-refractivity contribution < 1.29 is 9.53 Å². The fraction of sp³-hybridized carbons (Fsp3) is 0.462. The first-order chi connectivity index (χ1) is 8.72. The van der Waals surface area contributed by atoms with Gasteiger partial charge in [-0.1, -0.05) is 6.92 Å². The molecule has 0 unspecified atom stereocenters. The lowest BCUT2D eigenvalue weighted by Crippen LogP contribution is -2.39. The van der Waals surface area contributed by atoms with Gasteiger partial charge < -0.3 is 15.4 Å². The Balaban J connectivity index is 2.09. The molecule has 18 heavy (non-hydrogen) atoms. The number of amides is 1. The van der Waals surface area contributed by atoms with Crippen LogP contribution in [0.5, 0.6) is 5.75 Å². The quantitative estimate of drug-likeness (QED) is 0.655. The van der Waals surface area contributed by atoms with Crippen molar-refractivity contribution >= 4 is 29.0 Å². The van der Waals surface area contributed by atoms with Gasteiger partial charge in [0, 0.05) is 12.2 Å². The first-order valence-electron chi connectivity index (χ1n) is 6.13. The van der Waals surface area contributed by atoms with E-state index in [-0.39, 0.29) is 12.5 Å². The van der Waals surface area contributed by atoms with E-state index in [1.807, 2.05) is 17.8 Å². The van der Waals surface area contributed by atoms with Gasteiger partial charge in [0.15, 0.2) is 6.61 Å². The number of nitrogens with zero attached hydrogens (tertiary/aromatic N) is 1. The zero-order valence-corrected chi connectivity index (χ0v) is 11.3. The van der Waals surface area contributed by atoms with Gasteiger partial charge in [0.05, 0.1) is 5.69 Å². The van der Waals surface area contributed by atoms with Crippen molar-refractivity contribution in [1.29, 1.82) is 0 Å². The van der Waals surface area contributed by atoms with Crippen LogP contribution in [0.4, 0.5) is 11.4 Å². The Labute approximate surface area is 111 Å². The molecule has 2 N–H and O–H groups in total. The molecule has 1 aliphatic heterocycles. The summed E-state index contributed by atoms with van der Waals surface area (Å²) in [5.74, 6) is 2.93. The summed E-state index contributed by atoms with van der Waals surface area (Å²) < 4.78 is 5.40. The third kappa shape index (κ3) is 2.90. The highest BCUT2D eigenvalue weighted by Gasteiger charge is 2.24. The van der Waals surface area contributed by atoms with Crippen molar-refractivity contribution in [3.8, 4) is 5.75 Å². The van der Waals surface area contributed by atoms with Crippen molar-refractivity contribution in [2.24, 2.45) is 0 Å². The smallest absolute Gasteiger partial charge is 0.265 e. The van der Waals surface area contributed by atoms with E-state index in [0.717, 1.165) is 35.9 Å². The van der Waals surface area contributed by atoms with Crippen LogP contribution in [-0.2, 0) is 4.79 Å². The molecule has 0 aliphatic carbocycles. The molecule has 1 amide bonds. The minimum atomic E-state index is 0.00889. The Hall–Kier alpha value is -1.36. The number of hydrogen-bond donors (Lipinski definition) is 1. The lowest BCUT2D eigenvalue weighted by atomic mass is 10.2. The van der Waals surface area contributed by atoms with Crippen LogP contribution in [-0.4, -0.2) is 30.6 Å². The molecule has 0 radical (unpaired) electrons. The molecule has 1 aliphatic rings. The molecule has 5 heteroatoms. The zero-order chi connectivity index (χ0) is 13.0. The summed E-state index contributed by atoms with van der Waals surface area (Å²) in [7, 11) is 0. The molecule has 0 aromatic heterocycles. The lowest BCUT2D eigenvalue weighted by Gasteiger charge is -2.29. The van der Waals surface area contributed by atoms with Crippen LogP contribution < -0.4 is 15.4 Å². The van der Waals surface area contributed by atoms with Gasteiger partial charge in [-0.15, -0.1) is 0 Å². The summed E-state index contributed by atoms with van der Waals surface area (Å²) in [6, 6.07) is 5.42. The van der Waals surface area contributed by atoms with Crippen LogP contribution in [0, 0.1) is 0 Å². The first kappa shape index (κ1) is 13.1. The van der Waals surface area contributed by atoms with E-state index in [0.29, 0.717) is 5.69 Å². The Bertz CT molecular complexity index is 437. The van der Waals surface area contributed by atoms with E-state index < -0.39 is 0 Å². The number of hydrogen-bond acceptors (Lipinski definition) is 4. The van der Waals surface area contributed by atoms with E-state index >= 15 is 0 Å². The summed E-state index contributed by atoms with van der Waals surface area (Å²) in [4.78, 5) is 13.7. The molecule has 1 heterocycles. The molecule has 98 valence electrons. The predicted octanol–water partition coefficient (Wildman–Crippen LogP) is 2.14. The van der Waals surface area contributed by atoms with Crippen molar-refractivity contribution in [3.05, 3.63) is 18.2 Å². The summed E-state index contributed by atoms with van der Waals surface area (Å²) in [6.45, 7) is 2.99. The molecule has 1 aromatic carbocycles. The van der Waals surface area contributed by atoms with Gasteiger partial charge in [0.1, 0.15) is 5.75 Å². The second-order valence-electron chi connectivity index (χ2n) is 4.11. The highest BCUT2D eigenvalue weighted by Crippen LogP contribution is 2.33. The number of thioether (sulfide) groups is 1. The molecule has 0 spiro atoms. The summed E-state index contributed by atoms with van der Waals surface area (Å²) >= 11 is 1.89. The summed E-state index contributed by atoms with van der Waals surface area (Å²) in [5, 5.41) is 0. The lowest BCUT2D eigenvalue weighted by molar-refractivity contribution is -0.121. The second kappa shape index (κ2) is 6.00. The number of anilines is 2. The minimum absolute atomic E-state index is 0.00889. The van der Waals surface area contributed by atoms with E-state index in [1.54, 1.807) is 17.0 Å². The normalized spacial score (nSPS) is 14.3. The van der Waals surface area contributed by atoms with Gasteiger partial charge in [-0.05, 0) is 36.1 Å². The van der Waals surface area contributed by atoms with E-state index in [9.17, 15) is 4.79 Å². The van der Waals surface area contributed by atoms with Gasteiger partial charge in [-0.25, -0.2) is 0 Å². The van der Waals surface area contributed by atoms with E-state index in [4.69, 9.17) is 10.5 Å². The van der Waals surface area contributed by atoms with Crippen molar-refractivity contribution in [3.63, 3.8) is 0 Å². The van der Waals surface area contributed by atoms with Gasteiger partial charge in [0.25, 0.3) is 5.91 Å². The SMILES string of the molecule is CCSCCCN1C(=O)COc2ccc(N)cc21. The second-order valence-corrected chi connectivity index (χ2v) is 5.51. The monoisotopic (exact) mass is 266 g/mol. The Morgan fingerprint density at radius 1 is 1.50 bits per heavy atom. The largest absolute Gasteiger partial charge is 0.482 e. The van der Waals surface area contributed by atoms with Crippen molar-refractivity contribution in [2.45, 2.75) is 13.3 Å². The number of carbonyl (C=O) groups is 1. The number of carbonyl (C=O) groups excluding carboxylic acids is 1. The summed E-state index contributed by atoms with van der Waals surface area (Å²) in [6.07, 6.45) is 0.985. The number of rotatable bonds is 5. The maximum atomic E-state index is 11.9. The molecule has 0 saturated carbocycles. The van der Waals surface area contributed by atoms with Gasteiger partial charge in [0.2, 0.25) is 0 Å². The number of fused-ring (bicyclic) bond motifs is 1. The van der Waals surface area contributed by atoms with Gasteiger partial charge in [-0.2, -0.15) is 11.8 Å². The molecule has 0 atom stereocenters. The van der Waals surface area contributed by atoms with Crippen LogP contribution in [0.3, 0.4) is 0 Å². The maximum absolute atomic E-state index is 11.9. The molecule has 0 saturated heterocycles. The standard InChI is InChI=1S/C13H18N2O2S/c1-2-18-7-3-6-15-11-8-10(14)4-5-12(11)17-9-13(15)16/h4-5,8H,2-3,6-7,9,14H2,1H3. The molecular formula is C13H18N2O2S. The van der Waals surface area contributed by atoms with Crippen LogP contribution in [0.25, 0.3) is 0 Å². The van der Waals surface area contributed by atoms with Crippen molar-refractivity contribution in [1.82, 2.24) is 0 Å². The van der Waals surface area contributed by atoms with Crippen LogP contribution in [0.15, 0.2) is 18.2 Å². The summed E-state index contributed by atoms with van der Waals surface area (Å²) in [5.41, 5.74) is 7.22. The minimum Gasteiger partial charge on any atom is -0.482 e. The number of ether oxygens (including phenoxy) is 1. The third-order valence-corrected chi connectivity index (χ3v) is 3.79. The predicted molar refractivity (Wildman–Crippen MR) is 76.3 cm³/mol. The fourth-order valence-corrected chi connectivity index (χ4v) is 2.56.